The quantitative estimate of drug-likeness (QED) is 0.237. The second kappa shape index (κ2) is 14.9. The Bertz CT molecular complexity index is 371. The first-order valence-corrected chi connectivity index (χ1v) is 10.1. The van der Waals surface area contributed by atoms with E-state index >= 15 is 0 Å². The van der Waals surface area contributed by atoms with Crippen molar-refractivity contribution in [1.82, 2.24) is 10.2 Å². The van der Waals surface area contributed by atoms with Gasteiger partial charge in [-0.05, 0) is 38.5 Å². The molecular weight excluding hydrogens is 445 g/mol. The standard InChI is InChI=1S/C19H37N3O3.HI/c1-3-4-13-23-15-10-21-19(20-2)22-11-8-17(9-12-22)25-16-18-7-5-6-14-24-18;/h17-18H,3-16H2,1-2H3,(H,20,21);1H. The van der Waals surface area contributed by atoms with Gasteiger partial charge >= 0.3 is 0 Å². The molecule has 154 valence electrons. The van der Waals surface area contributed by atoms with E-state index in [9.17, 15) is 0 Å². The Hall–Kier alpha value is -0.120. The molecule has 0 bridgehead atoms. The summed E-state index contributed by atoms with van der Waals surface area (Å²) in [5, 5.41) is 3.40. The van der Waals surface area contributed by atoms with Gasteiger partial charge < -0.3 is 24.4 Å². The lowest BCUT2D eigenvalue weighted by atomic mass is 10.1. The summed E-state index contributed by atoms with van der Waals surface area (Å²) in [4.78, 5) is 6.73. The molecule has 1 unspecified atom stereocenters. The smallest absolute Gasteiger partial charge is 0.193 e. The molecule has 1 atom stereocenters. The number of unbranched alkanes of at least 4 members (excludes halogenated alkanes) is 1. The summed E-state index contributed by atoms with van der Waals surface area (Å²) in [6.45, 7) is 8.22. The van der Waals surface area contributed by atoms with Crippen LogP contribution in [0.15, 0.2) is 4.99 Å². The van der Waals surface area contributed by atoms with Crippen LogP contribution in [0, 0.1) is 0 Å². The van der Waals surface area contributed by atoms with Gasteiger partial charge in [0.15, 0.2) is 5.96 Å². The van der Waals surface area contributed by atoms with E-state index in [1.54, 1.807) is 0 Å². The zero-order chi connectivity index (χ0) is 17.7. The van der Waals surface area contributed by atoms with Crippen LogP contribution in [0.2, 0.25) is 0 Å². The molecule has 0 radical (unpaired) electrons. The van der Waals surface area contributed by atoms with Crippen LogP contribution in [0.25, 0.3) is 0 Å². The highest BCUT2D eigenvalue weighted by molar-refractivity contribution is 14.0. The minimum absolute atomic E-state index is 0. The van der Waals surface area contributed by atoms with Crippen LogP contribution in [-0.4, -0.2) is 76.2 Å². The molecule has 0 aliphatic carbocycles. The van der Waals surface area contributed by atoms with E-state index in [1.165, 1.54) is 19.3 Å². The van der Waals surface area contributed by atoms with E-state index in [-0.39, 0.29) is 24.0 Å². The number of piperidine rings is 1. The summed E-state index contributed by atoms with van der Waals surface area (Å²) >= 11 is 0. The highest BCUT2D eigenvalue weighted by Gasteiger charge is 2.23. The lowest BCUT2D eigenvalue weighted by molar-refractivity contribution is -0.0721. The van der Waals surface area contributed by atoms with Gasteiger partial charge in [0.25, 0.3) is 0 Å². The summed E-state index contributed by atoms with van der Waals surface area (Å²) < 4.78 is 17.4. The van der Waals surface area contributed by atoms with E-state index in [0.29, 0.717) is 12.2 Å². The van der Waals surface area contributed by atoms with Crippen molar-refractivity contribution in [2.75, 3.05) is 53.1 Å². The Morgan fingerprint density at radius 2 is 2.00 bits per heavy atom. The van der Waals surface area contributed by atoms with Gasteiger partial charge in [0.1, 0.15) is 0 Å². The number of nitrogens with zero attached hydrogens (tertiary/aromatic N) is 2. The Balaban J connectivity index is 0.00000338. The normalized spacial score (nSPS) is 22.2. The highest BCUT2D eigenvalue weighted by Crippen LogP contribution is 2.17. The zero-order valence-electron chi connectivity index (χ0n) is 16.6. The number of hydrogen-bond donors (Lipinski definition) is 1. The van der Waals surface area contributed by atoms with Crippen molar-refractivity contribution in [1.29, 1.82) is 0 Å². The Morgan fingerprint density at radius 1 is 1.19 bits per heavy atom. The van der Waals surface area contributed by atoms with E-state index < -0.39 is 0 Å². The van der Waals surface area contributed by atoms with Crippen LogP contribution in [-0.2, 0) is 14.2 Å². The Labute approximate surface area is 176 Å². The number of guanidine groups is 1. The number of likely N-dealkylation sites (tertiary alicyclic amines) is 1. The third-order valence-corrected chi connectivity index (χ3v) is 4.92. The first-order chi connectivity index (χ1) is 12.3. The monoisotopic (exact) mass is 483 g/mol. The first-order valence-electron chi connectivity index (χ1n) is 10.1. The van der Waals surface area contributed by atoms with Gasteiger partial charge in [-0.2, -0.15) is 0 Å². The summed E-state index contributed by atoms with van der Waals surface area (Å²) in [5.74, 6) is 0.980. The predicted molar refractivity (Wildman–Crippen MR) is 117 cm³/mol. The molecule has 2 aliphatic heterocycles. The maximum atomic E-state index is 6.09. The largest absolute Gasteiger partial charge is 0.380 e. The maximum absolute atomic E-state index is 6.09. The predicted octanol–water partition coefficient (Wildman–Crippen LogP) is 3.05. The fourth-order valence-electron chi connectivity index (χ4n) is 3.33. The second-order valence-electron chi connectivity index (χ2n) is 6.95. The molecule has 2 aliphatic rings. The number of nitrogens with one attached hydrogen (secondary N) is 1. The number of halogens is 1. The number of ether oxygens (including phenoxy) is 3. The van der Waals surface area contributed by atoms with E-state index in [2.05, 4.69) is 22.1 Å². The van der Waals surface area contributed by atoms with Crippen molar-refractivity contribution in [2.45, 2.75) is 64.1 Å². The Kier molecular flexibility index (Phi) is 13.7. The number of rotatable bonds is 9. The van der Waals surface area contributed by atoms with Crippen LogP contribution in [0.4, 0.5) is 0 Å². The molecule has 2 heterocycles. The minimum Gasteiger partial charge on any atom is -0.380 e. The van der Waals surface area contributed by atoms with Gasteiger partial charge in [0.05, 0.1) is 25.4 Å². The van der Waals surface area contributed by atoms with Crippen molar-refractivity contribution >= 4 is 29.9 Å². The molecular formula is C19H38IN3O3. The molecule has 0 spiro atoms. The van der Waals surface area contributed by atoms with Crippen LogP contribution >= 0.6 is 24.0 Å². The molecule has 0 aromatic rings. The lowest BCUT2D eigenvalue weighted by Gasteiger charge is -2.35. The molecule has 2 fully saturated rings. The fourth-order valence-corrected chi connectivity index (χ4v) is 3.33. The zero-order valence-corrected chi connectivity index (χ0v) is 18.9. The van der Waals surface area contributed by atoms with Crippen molar-refractivity contribution < 1.29 is 14.2 Å². The Morgan fingerprint density at radius 3 is 2.65 bits per heavy atom. The van der Waals surface area contributed by atoms with Gasteiger partial charge in [-0.1, -0.05) is 13.3 Å². The molecule has 0 aromatic carbocycles. The lowest BCUT2D eigenvalue weighted by Crippen LogP contribution is -2.48. The van der Waals surface area contributed by atoms with Gasteiger partial charge in [-0.3, -0.25) is 4.99 Å². The first kappa shape index (κ1) is 23.9. The molecule has 0 saturated carbocycles. The fraction of sp³-hybridized carbons (Fsp3) is 0.947. The molecule has 1 N–H and O–H groups in total. The third-order valence-electron chi connectivity index (χ3n) is 4.92. The topological polar surface area (TPSA) is 55.3 Å². The number of hydrogen-bond acceptors (Lipinski definition) is 4. The molecule has 0 aromatic heterocycles. The molecule has 7 heteroatoms. The molecule has 0 amide bonds. The molecule has 2 rings (SSSR count). The van der Waals surface area contributed by atoms with Crippen molar-refractivity contribution in [3.05, 3.63) is 0 Å². The molecule has 6 nitrogen and oxygen atoms in total. The van der Waals surface area contributed by atoms with Crippen LogP contribution < -0.4 is 5.32 Å². The average molecular weight is 483 g/mol. The van der Waals surface area contributed by atoms with Crippen LogP contribution in [0.5, 0.6) is 0 Å². The summed E-state index contributed by atoms with van der Waals surface area (Å²) in [6, 6.07) is 0. The van der Waals surface area contributed by atoms with E-state index in [1.807, 2.05) is 7.05 Å². The summed E-state index contributed by atoms with van der Waals surface area (Å²) in [7, 11) is 1.85. The van der Waals surface area contributed by atoms with Crippen LogP contribution in [0.1, 0.15) is 51.9 Å². The van der Waals surface area contributed by atoms with Gasteiger partial charge in [0.2, 0.25) is 0 Å². The third kappa shape index (κ3) is 9.19. The molecule has 2 saturated heterocycles. The maximum Gasteiger partial charge on any atom is 0.193 e. The highest BCUT2D eigenvalue weighted by atomic mass is 127. The minimum atomic E-state index is 0. The molecule has 26 heavy (non-hydrogen) atoms. The average Bonchev–Trinajstić information content (AvgIpc) is 2.67. The van der Waals surface area contributed by atoms with Crippen molar-refractivity contribution in [3.63, 3.8) is 0 Å². The van der Waals surface area contributed by atoms with E-state index in [4.69, 9.17) is 14.2 Å². The van der Waals surface area contributed by atoms with Gasteiger partial charge in [-0.15, -0.1) is 24.0 Å². The number of aliphatic imine (C=N–C) groups is 1. The SMILES string of the molecule is CCCCOCCNC(=NC)N1CCC(OCC2CCCCO2)CC1.I. The van der Waals surface area contributed by atoms with E-state index in [0.717, 1.165) is 77.7 Å². The summed E-state index contributed by atoms with van der Waals surface area (Å²) in [6.07, 6.45) is 8.72. The van der Waals surface area contributed by atoms with Crippen molar-refractivity contribution in [2.24, 2.45) is 4.99 Å². The second-order valence-corrected chi connectivity index (χ2v) is 6.95. The van der Waals surface area contributed by atoms with Crippen molar-refractivity contribution in [3.8, 4) is 0 Å². The summed E-state index contributed by atoms with van der Waals surface area (Å²) in [5.41, 5.74) is 0. The van der Waals surface area contributed by atoms with Gasteiger partial charge in [0, 0.05) is 39.9 Å². The van der Waals surface area contributed by atoms with Crippen LogP contribution in [0.3, 0.4) is 0 Å². The van der Waals surface area contributed by atoms with Gasteiger partial charge in [-0.25, -0.2) is 0 Å².